The SMILES string of the molecule is C=C(C)/C=C\C(/C=C\C(=C)Cl)=C(C)C.CC.CC(=O)c1ccccc1C(C)CC(=O)CCC(C)C. The minimum absolute atomic E-state index is 0.0667. The van der Waals surface area contributed by atoms with E-state index in [0.717, 1.165) is 28.7 Å². The fourth-order valence-electron chi connectivity index (χ4n) is 3.05. The van der Waals surface area contributed by atoms with E-state index < -0.39 is 0 Å². The largest absolute Gasteiger partial charge is 0.300 e. The number of hydrogen-bond acceptors (Lipinski definition) is 2. The number of benzene rings is 1. The summed E-state index contributed by atoms with van der Waals surface area (Å²) in [6.45, 7) is 25.3. The molecule has 0 aliphatic rings. The Morgan fingerprint density at radius 3 is 1.91 bits per heavy atom. The molecule has 0 fully saturated rings. The van der Waals surface area contributed by atoms with Crippen LogP contribution >= 0.6 is 11.6 Å². The zero-order valence-electron chi connectivity index (χ0n) is 23.5. The van der Waals surface area contributed by atoms with Crippen molar-refractivity contribution in [3.63, 3.8) is 0 Å². The summed E-state index contributed by atoms with van der Waals surface area (Å²) in [6, 6.07) is 7.59. The molecule has 0 aromatic heterocycles. The molecule has 0 aliphatic heterocycles. The molecule has 1 unspecified atom stereocenters. The van der Waals surface area contributed by atoms with Crippen LogP contribution in [0.5, 0.6) is 0 Å². The summed E-state index contributed by atoms with van der Waals surface area (Å²) in [5.41, 5.74) is 5.13. The number of ketones is 2. The molecule has 0 aliphatic carbocycles. The van der Waals surface area contributed by atoms with E-state index in [1.807, 2.05) is 70.2 Å². The highest BCUT2D eigenvalue weighted by Gasteiger charge is 2.16. The molecule has 1 aromatic rings. The lowest BCUT2D eigenvalue weighted by atomic mass is 9.89. The molecule has 1 aromatic carbocycles. The number of halogens is 1. The van der Waals surface area contributed by atoms with Gasteiger partial charge in [-0.2, -0.15) is 0 Å². The van der Waals surface area contributed by atoms with Crippen LogP contribution in [0.3, 0.4) is 0 Å². The number of Topliss-reactive ketones (excluding diaryl/α,β-unsaturated/α-hetero) is 2. The summed E-state index contributed by atoms with van der Waals surface area (Å²) < 4.78 is 0. The second-order valence-corrected chi connectivity index (χ2v) is 9.62. The molecular weight excluding hydrogens is 452 g/mol. The van der Waals surface area contributed by atoms with Gasteiger partial charge in [0.05, 0.1) is 0 Å². The molecule has 0 heterocycles. The third-order valence-corrected chi connectivity index (χ3v) is 5.10. The molecule has 3 heteroatoms. The van der Waals surface area contributed by atoms with Crippen molar-refractivity contribution in [2.75, 3.05) is 0 Å². The van der Waals surface area contributed by atoms with Crippen molar-refractivity contribution < 1.29 is 9.59 Å². The molecule has 194 valence electrons. The van der Waals surface area contributed by atoms with Gasteiger partial charge in [0.25, 0.3) is 0 Å². The molecule has 35 heavy (non-hydrogen) atoms. The summed E-state index contributed by atoms with van der Waals surface area (Å²) in [6.07, 6.45) is 9.84. The lowest BCUT2D eigenvalue weighted by Crippen LogP contribution is -2.09. The summed E-state index contributed by atoms with van der Waals surface area (Å²) in [7, 11) is 0. The standard InChI is InChI=1S/C17H24O2.C13H17Cl.C2H6/c1-12(2)9-10-15(19)11-13(3)16-7-5-6-8-17(16)14(4)18;1-10(2)6-8-13(11(3)4)9-7-12(5)14;1-2/h5-8,12-13H,9-11H2,1-4H3;6-9H,1,5H2,2-4H3;1-2H3/b;8-6-,9-7-;. The third kappa shape index (κ3) is 17.6. The van der Waals surface area contributed by atoms with E-state index in [1.54, 1.807) is 13.0 Å². The normalized spacial score (nSPS) is 11.3. The Balaban J connectivity index is 0. The van der Waals surface area contributed by atoms with Gasteiger partial charge in [-0.1, -0.05) is 113 Å². The van der Waals surface area contributed by atoms with Crippen LogP contribution < -0.4 is 0 Å². The average molecular weight is 499 g/mol. The zero-order chi connectivity index (χ0) is 27.6. The lowest BCUT2D eigenvalue weighted by molar-refractivity contribution is -0.119. The highest BCUT2D eigenvalue weighted by atomic mass is 35.5. The maximum absolute atomic E-state index is 11.9. The molecule has 2 nitrogen and oxygen atoms in total. The van der Waals surface area contributed by atoms with Gasteiger partial charge in [0.15, 0.2) is 5.78 Å². The van der Waals surface area contributed by atoms with Crippen LogP contribution in [0.15, 0.2) is 83.5 Å². The van der Waals surface area contributed by atoms with E-state index in [2.05, 4.69) is 40.9 Å². The number of allylic oxidation sites excluding steroid dienone is 8. The zero-order valence-corrected chi connectivity index (χ0v) is 24.3. The Kier molecular flexibility index (Phi) is 19.7. The van der Waals surface area contributed by atoms with Crippen molar-refractivity contribution in [1.82, 2.24) is 0 Å². The molecule has 1 rings (SSSR count). The van der Waals surface area contributed by atoms with Gasteiger partial charge in [-0.15, -0.1) is 0 Å². The number of carbonyl (C=O) groups excluding carboxylic acids is 2. The van der Waals surface area contributed by atoms with Crippen LogP contribution in [0.25, 0.3) is 0 Å². The predicted molar refractivity (Wildman–Crippen MR) is 156 cm³/mol. The first kappa shape index (κ1) is 34.7. The van der Waals surface area contributed by atoms with E-state index in [9.17, 15) is 9.59 Å². The monoisotopic (exact) mass is 498 g/mol. The Bertz CT molecular complexity index is 883. The van der Waals surface area contributed by atoms with E-state index in [-0.39, 0.29) is 11.7 Å². The smallest absolute Gasteiger partial charge is 0.160 e. The van der Waals surface area contributed by atoms with Gasteiger partial charge in [0, 0.05) is 23.4 Å². The minimum atomic E-state index is 0.0667. The van der Waals surface area contributed by atoms with Gasteiger partial charge in [-0.25, -0.2) is 0 Å². The van der Waals surface area contributed by atoms with Crippen LogP contribution in [0.4, 0.5) is 0 Å². The van der Waals surface area contributed by atoms with Crippen LogP contribution in [0.1, 0.15) is 103 Å². The first-order valence-corrected chi connectivity index (χ1v) is 12.9. The fourth-order valence-corrected chi connectivity index (χ4v) is 3.11. The van der Waals surface area contributed by atoms with Gasteiger partial charge in [-0.3, -0.25) is 9.59 Å². The van der Waals surface area contributed by atoms with Gasteiger partial charge in [0.2, 0.25) is 0 Å². The van der Waals surface area contributed by atoms with Crippen LogP contribution in [0, 0.1) is 5.92 Å². The molecule has 0 bridgehead atoms. The first-order valence-electron chi connectivity index (χ1n) is 12.5. The quantitative estimate of drug-likeness (QED) is 0.224. The van der Waals surface area contributed by atoms with Crippen molar-refractivity contribution in [3.8, 4) is 0 Å². The van der Waals surface area contributed by atoms with Crippen LogP contribution in [-0.2, 0) is 4.79 Å². The molecule has 0 radical (unpaired) electrons. The minimum Gasteiger partial charge on any atom is -0.300 e. The van der Waals surface area contributed by atoms with Crippen molar-refractivity contribution in [3.05, 3.63) is 94.6 Å². The number of rotatable bonds is 11. The van der Waals surface area contributed by atoms with Crippen LogP contribution in [0.2, 0.25) is 0 Å². The topological polar surface area (TPSA) is 34.1 Å². The van der Waals surface area contributed by atoms with Gasteiger partial charge in [-0.05, 0) is 63.2 Å². The van der Waals surface area contributed by atoms with Gasteiger partial charge >= 0.3 is 0 Å². The van der Waals surface area contributed by atoms with Gasteiger partial charge < -0.3 is 0 Å². The molecule has 0 saturated heterocycles. The van der Waals surface area contributed by atoms with Crippen molar-refractivity contribution in [2.45, 2.75) is 87.5 Å². The second-order valence-electron chi connectivity index (χ2n) is 9.14. The molecule has 0 N–H and O–H groups in total. The van der Waals surface area contributed by atoms with E-state index >= 15 is 0 Å². The number of hydrogen-bond donors (Lipinski definition) is 0. The second kappa shape index (κ2) is 19.8. The third-order valence-electron chi connectivity index (χ3n) is 4.97. The lowest BCUT2D eigenvalue weighted by Gasteiger charge is -2.14. The Morgan fingerprint density at radius 1 is 0.914 bits per heavy atom. The first-order chi connectivity index (χ1) is 16.3. The Morgan fingerprint density at radius 2 is 1.46 bits per heavy atom. The Hall–Kier alpha value is -2.45. The molecule has 0 amide bonds. The molecule has 0 spiro atoms. The predicted octanol–water partition coefficient (Wildman–Crippen LogP) is 10.2. The summed E-state index contributed by atoms with van der Waals surface area (Å²) in [5.74, 6) is 1.03. The number of carbonyl (C=O) groups is 2. The summed E-state index contributed by atoms with van der Waals surface area (Å²) >= 11 is 5.64. The van der Waals surface area contributed by atoms with Crippen molar-refractivity contribution in [1.29, 1.82) is 0 Å². The molecule has 0 saturated carbocycles. The summed E-state index contributed by atoms with van der Waals surface area (Å²) in [5, 5.41) is 0.535. The highest BCUT2D eigenvalue weighted by molar-refractivity contribution is 6.30. The van der Waals surface area contributed by atoms with E-state index in [0.29, 0.717) is 29.6 Å². The fraction of sp³-hybridized carbons (Fsp3) is 0.438. The maximum atomic E-state index is 11.9. The highest BCUT2D eigenvalue weighted by Crippen LogP contribution is 2.24. The maximum Gasteiger partial charge on any atom is 0.160 e. The summed E-state index contributed by atoms with van der Waals surface area (Å²) in [4.78, 5) is 23.5. The van der Waals surface area contributed by atoms with Crippen molar-refractivity contribution >= 4 is 23.2 Å². The van der Waals surface area contributed by atoms with Gasteiger partial charge in [0.1, 0.15) is 5.78 Å². The Labute approximate surface area is 220 Å². The van der Waals surface area contributed by atoms with Crippen molar-refractivity contribution in [2.24, 2.45) is 5.92 Å². The average Bonchev–Trinajstić information content (AvgIpc) is 2.78. The van der Waals surface area contributed by atoms with E-state index in [1.165, 1.54) is 5.57 Å². The molecule has 1 atom stereocenters. The molecular formula is C32H47ClO2. The van der Waals surface area contributed by atoms with Crippen LogP contribution in [-0.4, -0.2) is 11.6 Å². The van der Waals surface area contributed by atoms with E-state index in [4.69, 9.17) is 11.6 Å².